The summed E-state index contributed by atoms with van der Waals surface area (Å²) in [5, 5.41) is 0. The second kappa shape index (κ2) is 5.89. The quantitative estimate of drug-likeness (QED) is 0.917. The molecule has 0 amide bonds. The largest absolute Gasteiger partial charge is 0.465 e. The van der Waals surface area contributed by atoms with Crippen molar-refractivity contribution in [3.8, 4) is 5.75 Å². The zero-order valence-electron chi connectivity index (χ0n) is 10.8. The highest BCUT2D eigenvalue weighted by molar-refractivity contribution is 5.21. The number of H-pyrrole nitrogens is 1. The van der Waals surface area contributed by atoms with Crippen molar-refractivity contribution in [3.63, 3.8) is 0 Å². The molecule has 1 saturated heterocycles. The van der Waals surface area contributed by atoms with Crippen LogP contribution in [0.1, 0.15) is 25.1 Å². The predicted octanol–water partition coefficient (Wildman–Crippen LogP) is 2.93. The van der Waals surface area contributed by atoms with Crippen molar-refractivity contribution < 1.29 is 9.47 Å². The van der Waals surface area contributed by atoms with E-state index < -0.39 is 0 Å². The third-order valence-corrected chi connectivity index (χ3v) is 3.30. The number of para-hydroxylation sites is 1. The van der Waals surface area contributed by atoms with Crippen LogP contribution in [0.2, 0.25) is 0 Å². The Morgan fingerprint density at radius 1 is 1.26 bits per heavy atom. The molecule has 0 unspecified atom stereocenters. The molecule has 3 rings (SSSR count). The van der Waals surface area contributed by atoms with Gasteiger partial charge in [0.1, 0.15) is 11.6 Å². The third-order valence-electron chi connectivity index (χ3n) is 3.30. The first-order chi connectivity index (χ1) is 9.40. The molecule has 4 heteroatoms. The van der Waals surface area contributed by atoms with Crippen LogP contribution in [-0.4, -0.2) is 22.4 Å². The highest BCUT2D eigenvalue weighted by Gasteiger charge is 2.24. The van der Waals surface area contributed by atoms with Crippen molar-refractivity contribution in [3.05, 3.63) is 48.5 Å². The number of aromatic amines is 1. The second-order valence-electron chi connectivity index (χ2n) is 4.79. The molecule has 0 bridgehead atoms. The minimum absolute atomic E-state index is 0.142. The number of nitrogens with zero attached hydrogens (tertiary/aromatic N) is 1. The number of hydrogen-bond acceptors (Lipinski definition) is 3. The van der Waals surface area contributed by atoms with Gasteiger partial charge in [-0.3, -0.25) is 0 Å². The Morgan fingerprint density at radius 3 is 2.95 bits per heavy atom. The molecular formula is C15H18N2O2. The number of rotatable bonds is 4. The van der Waals surface area contributed by atoms with Gasteiger partial charge in [-0.2, -0.15) is 0 Å². The number of hydrogen-bond donors (Lipinski definition) is 1. The summed E-state index contributed by atoms with van der Waals surface area (Å²) in [7, 11) is 0. The van der Waals surface area contributed by atoms with Crippen LogP contribution in [0.4, 0.5) is 0 Å². The van der Waals surface area contributed by atoms with E-state index in [0.29, 0.717) is 0 Å². The third kappa shape index (κ3) is 3.35. The van der Waals surface area contributed by atoms with Gasteiger partial charge in [-0.05, 0) is 25.0 Å². The molecule has 1 N–H and O–H groups in total. The predicted molar refractivity (Wildman–Crippen MR) is 71.9 cm³/mol. The Labute approximate surface area is 112 Å². The van der Waals surface area contributed by atoms with Gasteiger partial charge in [0.2, 0.25) is 0 Å². The summed E-state index contributed by atoms with van der Waals surface area (Å²) in [5.41, 5.74) is 0. The van der Waals surface area contributed by atoms with Crippen LogP contribution in [0, 0.1) is 0 Å². The second-order valence-corrected chi connectivity index (χ2v) is 4.79. The fourth-order valence-corrected chi connectivity index (χ4v) is 2.38. The highest BCUT2D eigenvalue weighted by Crippen LogP contribution is 2.23. The summed E-state index contributed by atoms with van der Waals surface area (Å²) in [4.78, 5) is 7.36. The van der Waals surface area contributed by atoms with Crippen LogP contribution >= 0.6 is 0 Å². The Bertz CT molecular complexity index is 484. The maximum absolute atomic E-state index is 5.98. The van der Waals surface area contributed by atoms with Crippen molar-refractivity contribution >= 4 is 0 Å². The van der Waals surface area contributed by atoms with Crippen molar-refractivity contribution in [2.75, 3.05) is 0 Å². The summed E-state index contributed by atoms with van der Waals surface area (Å²) in [6, 6.07) is 9.84. The van der Waals surface area contributed by atoms with E-state index in [-0.39, 0.29) is 12.4 Å². The maximum Gasteiger partial charge on any atom is 0.200 e. The van der Waals surface area contributed by atoms with Gasteiger partial charge in [-0.1, -0.05) is 18.2 Å². The molecule has 100 valence electrons. The van der Waals surface area contributed by atoms with Crippen molar-refractivity contribution in [1.82, 2.24) is 9.97 Å². The van der Waals surface area contributed by atoms with E-state index in [4.69, 9.17) is 9.47 Å². The van der Waals surface area contributed by atoms with Crippen LogP contribution in [-0.2, 0) is 11.2 Å². The number of aromatic nitrogens is 2. The first kappa shape index (κ1) is 12.2. The van der Waals surface area contributed by atoms with Crippen molar-refractivity contribution in [2.45, 2.75) is 38.1 Å². The van der Waals surface area contributed by atoms with Gasteiger partial charge < -0.3 is 14.5 Å². The number of ether oxygens (including phenoxy) is 2. The van der Waals surface area contributed by atoms with E-state index in [1.54, 1.807) is 6.20 Å². The van der Waals surface area contributed by atoms with Gasteiger partial charge in [0, 0.05) is 25.2 Å². The molecule has 1 aromatic carbocycles. The molecule has 0 spiro atoms. The van der Waals surface area contributed by atoms with Crippen molar-refractivity contribution in [1.29, 1.82) is 0 Å². The molecule has 2 aromatic rings. The Kier molecular flexibility index (Phi) is 3.79. The summed E-state index contributed by atoms with van der Waals surface area (Å²) < 4.78 is 11.8. The first-order valence-corrected chi connectivity index (χ1v) is 6.75. The van der Waals surface area contributed by atoms with E-state index in [9.17, 15) is 0 Å². The van der Waals surface area contributed by atoms with E-state index in [1.165, 1.54) is 0 Å². The zero-order chi connectivity index (χ0) is 12.9. The molecule has 4 nitrogen and oxygen atoms in total. The van der Waals surface area contributed by atoms with Gasteiger partial charge in [0.05, 0.1) is 6.10 Å². The fraction of sp³-hybridized carbons (Fsp3) is 0.400. The number of benzene rings is 1. The molecule has 0 aliphatic carbocycles. The minimum atomic E-state index is -0.142. The van der Waals surface area contributed by atoms with Crippen LogP contribution in [0.25, 0.3) is 0 Å². The van der Waals surface area contributed by atoms with Crippen molar-refractivity contribution in [2.24, 2.45) is 0 Å². The topological polar surface area (TPSA) is 47.1 Å². The summed E-state index contributed by atoms with van der Waals surface area (Å²) in [6.45, 7) is 0. The van der Waals surface area contributed by atoms with E-state index in [1.807, 2.05) is 36.5 Å². The van der Waals surface area contributed by atoms with E-state index in [0.717, 1.165) is 37.3 Å². The van der Waals surface area contributed by atoms with Gasteiger partial charge in [0.15, 0.2) is 6.29 Å². The Morgan fingerprint density at radius 2 is 2.16 bits per heavy atom. The molecule has 2 atom stereocenters. The number of nitrogens with one attached hydrogen (secondary N) is 1. The molecule has 0 radical (unpaired) electrons. The van der Waals surface area contributed by atoms with Crippen LogP contribution < -0.4 is 4.74 Å². The molecule has 0 saturated carbocycles. The standard InChI is InChI=1S/C15H18N2O2/c1-2-5-12(6-3-1)18-15-8-4-7-13(19-15)11-14-16-9-10-17-14/h1-3,5-6,9-10,13,15H,4,7-8,11H2,(H,16,17)/t13-,15-/m1/s1. The molecule has 1 fully saturated rings. The average molecular weight is 258 g/mol. The SMILES string of the molecule is c1ccc(O[C@H]2CCC[C@H](Cc3ncc[nH]3)O2)cc1. The Balaban J connectivity index is 1.56. The summed E-state index contributed by atoms with van der Waals surface area (Å²) in [6.07, 6.45) is 7.63. The normalized spacial score (nSPS) is 23.2. The lowest BCUT2D eigenvalue weighted by Crippen LogP contribution is -2.33. The minimum Gasteiger partial charge on any atom is -0.465 e. The van der Waals surface area contributed by atoms with Gasteiger partial charge in [-0.15, -0.1) is 0 Å². The average Bonchev–Trinajstić information content (AvgIpc) is 2.93. The molecule has 1 aromatic heterocycles. The van der Waals surface area contributed by atoms with Gasteiger partial charge in [-0.25, -0.2) is 4.98 Å². The summed E-state index contributed by atoms with van der Waals surface area (Å²) >= 11 is 0. The van der Waals surface area contributed by atoms with Gasteiger partial charge >= 0.3 is 0 Å². The molecule has 1 aliphatic rings. The Hall–Kier alpha value is -1.81. The smallest absolute Gasteiger partial charge is 0.200 e. The molecule has 19 heavy (non-hydrogen) atoms. The lowest BCUT2D eigenvalue weighted by molar-refractivity contribution is -0.146. The maximum atomic E-state index is 5.98. The number of imidazole rings is 1. The zero-order valence-corrected chi connectivity index (χ0v) is 10.8. The van der Waals surface area contributed by atoms with E-state index in [2.05, 4.69) is 9.97 Å². The highest BCUT2D eigenvalue weighted by atomic mass is 16.7. The first-order valence-electron chi connectivity index (χ1n) is 6.75. The monoisotopic (exact) mass is 258 g/mol. The van der Waals surface area contributed by atoms with Crippen LogP contribution in [0.3, 0.4) is 0 Å². The van der Waals surface area contributed by atoms with Gasteiger partial charge in [0.25, 0.3) is 0 Å². The molecular weight excluding hydrogens is 240 g/mol. The van der Waals surface area contributed by atoms with Crippen LogP contribution in [0.5, 0.6) is 5.75 Å². The lowest BCUT2D eigenvalue weighted by Gasteiger charge is -2.29. The molecule has 2 heterocycles. The van der Waals surface area contributed by atoms with Crippen LogP contribution in [0.15, 0.2) is 42.7 Å². The van der Waals surface area contributed by atoms with E-state index >= 15 is 0 Å². The molecule has 1 aliphatic heterocycles. The lowest BCUT2D eigenvalue weighted by atomic mass is 10.1. The summed E-state index contributed by atoms with van der Waals surface area (Å²) in [5.74, 6) is 1.84. The fourth-order valence-electron chi connectivity index (χ4n) is 2.38.